The van der Waals surface area contributed by atoms with Crippen molar-refractivity contribution in [1.29, 1.82) is 0 Å². The summed E-state index contributed by atoms with van der Waals surface area (Å²) >= 11 is 0. The first kappa shape index (κ1) is 18.1. The number of ether oxygens (including phenoxy) is 1. The third-order valence-corrected chi connectivity index (χ3v) is 6.50. The predicted octanol–water partition coefficient (Wildman–Crippen LogP) is 1.80. The van der Waals surface area contributed by atoms with Crippen LogP contribution in [0.25, 0.3) is 11.0 Å². The zero-order chi connectivity index (χ0) is 20.0. The summed E-state index contributed by atoms with van der Waals surface area (Å²) in [6, 6.07) is 9.91. The van der Waals surface area contributed by atoms with E-state index in [1.807, 2.05) is 6.07 Å². The molecule has 1 aromatic carbocycles. The third-order valence-electron chi connectivity index (χ3n) is 6.50. The molecule has 2 N–H and O–H groups in total. The van der Waals surface area contributed by atoms with Crippen LogP contribution in [0.15, 0.2) is 46.1 Å². The number of fused-ring (bicyclic) bond motifs is 4. The van der Waals surface area contributed by atoms with Gasteiger partial charge in [0.2, 0.25) is 0 Å². The Morgan fingerprint density at radius 2 is 2.14 bits per heavy atom. The maximum atomic E-state index is 12.8. The Kier molecular flexibility index (Phi) is 4.47. The molecule has 2 aromatic heterocycles. The number of hydrogen-bond acceptors (Lipinski definition) is 5. The highest BCUT2D eigenvalue weighted by Crippen LogP contribution is 2.45. The molecule has 0 amide bonds. The van der Waals surface area contributed by atoms with Gasteiger partial charge in [0.25, 0.3) is 5.56 Å². The summed E-state index contributed by atoms with van der Waals surface area (Å²) in [6.45, 7) is 1.33. The first-order chi connectivity index (χ1) is 14.2. The molecule has 0 spiro atoms. The molecule has 0 saturated carbocycles. The SMILES string of the molecule is COc1cccc2c1CC[C@H]1CNC(CCn3c(=O)[nH]c4cccnc4c3=O)[C@@H]21. The number of nitrogens with zero attached hydrogens (tertiary/aromatic N) is 2. The summed E-state index contributed by atoms with van der Waals surface area (Å²) in [5.74, 6) is 1.91. The highest BCUT2D eigenvalue weighted by atomic mass is 16.5. The van der Waals surface area contributed by atoms with E-state index in [2.05, 4.69) is 27.4 Å². The van der Waals surface area contributed by atoms with Gasteiger partial charge in [-0.2, -0.15) is 0 Å². The number of pyridine rings is 1. The first-order valence-electron chi connectivity index (χ1n) is 10.1. The average Bonchev–Trinajstić information content (AvgIpc) is 3.16. The molecule has 0 radical (unpaired) electrons. The Bertz CT molecular complexity index is 1180. The Hall–Kier alpha value is -2.93. The lowest BCUT2D eigenvalue weighted by molar-refractivity contribution is 0.371. The van der Waals surface area contributed by atoms with Gasteiger partial charge < -0.3 is 15.0 Å². The second-order valence-electron chi connectivity index (χ2n) is 7.94. The Morgan fingerprint density at radius 1 is 1.24 bits per heavy atom. The fourth-order valence-corrected chi connectivity index (χ4v) is 5.15. The van der Waals surface area contributed by atoms with Crippen LogP contribution >= 0.6 is 0 Å². The summed E-state index contributed by atoms with van der Waals surface area (Å²) in [6.07, 6.45) is 4.44. The highest BCUT2D eigenvalue weighted by molar-refractivity contribution is 5.71. The molecule has 1 aliphatic heterocycles. The maximum Gasteiger partial charge on any atom is 0.328 e. The van der Waals surface area contributed by atoms with Crippen LogP contribution in [0.2, 0.25) is 0 Å². The minimum absolute atomic E-state index is 0.219. The fourth-order valence-electron chi connectivity index (χ4n) is 5.15. The molecule has 3 aromatic rings. The van der Waals surface area contributed by atoms with Crippen molar-refractivity contribution in [3.05, 3.63) is 68.5 Å². The summed E-state index contributed by atoms with van der Waals surface area (Å²) in [7, 11) is 1.72. The van der Waals surface area contributed by atoms with Gasteiger partial charge in [-0.05, 0) is 61.1 Å². The minimum atomic E-state index is -0.379. The van der Waals surface area contributed by atoms with E-state index in [-0.39, 0.29) is 17.3 Å². The standard InChI is InChI=1S/C22H24N4O3/c1-29-18-6-2-4-15-14(18)8-7-13-12-24-16(19(13)15)9-11-26-21(27)20-17(25-22(26)28)5-3-10-23-20/h2-6,10,13,16,19,24H,7-9,11-12H2,1H3,(H,25,28)/t13-,16?,19+/m0/s1. The molecule has 3 heterocycles. The van der Waals surface area contributed by atoms with E-state index in [4.69, 9.17) is 4.74 Å². The summed E-state index contributed by atoms with van der Waals surface area (Å²) in [5.41, 5.74) is 2.72. The number of aromatic amines is 1. The number of aromatic nitrogens is 3. The van der Waals surface area contributed by atoms with Crippen LogP contribution in [0.3, 0.4) is 0 Å². The van der Waals surface area contributed by atoms with Crippen molar-refractivity contribution in [3.63, 3.8) is 0 Å². The van der Waals surface area contributed by atoms with Gasteiger partial charge in [-0.15, -0.1) is 0 Å². The van der Waals surface area contributed by atoms with Gasteiger partial charge in [-0.1, -0.05) is 12.1 Å². The Labute approximate surface area is 167 Å². The molecule has 0 bridgehead atoms. The van der Waals surface area contributed by atoms with Crippen LogP contribution in [0, 0.1) is 5.92 Å². The molecule has 1 unspecified atom stereocenters. The summed E-state index contributed by atoms with van der Waals surface area (Å²) < 4.78 is 6.86. The second kappa shape index (κ2) is 7.15. The normalized spacial score (nSPS) is 23.0. The van der Waals surface area contributed by atoms with Crippen molar-refractivity contribution in [3.8, 4) is 5.75 Å². The van der Waals surface area contributed by atoms with Crippen LogP contribution in [0.5, 0.6) is 5.75 Å². The molecule has 150 valence electrons. The molecule has 1 fully saturated rings. The Balaban J connectivity index is 1.44. The van der Waals surface area contributed by atoms with Gasteiger partial charge in [-0.25, -0.2) is 9.78 Å². The predicted molar refractivity (Wildman–Crippen MR) is 111 cm³/mol. The van der Waals surface area contributed by atoms with Crippen molar-refractivity contribution in [2.75, 3.05) is 13.7 Å². The number of rotatable bonds is 4. The number of H-pyrrole nitrogens is 1. The van der Waals surface area contributed by atoms with Crippen LogP contribution in [-0.2, 0) is 13.0 Å². The molecule has 29 heavy (non-hydrogen) atoms. The molecule has 2 aliphatic rings. The maximum absolute atomic E-state index is 12.8. The van der Waals surface area contributed by atoms with Crippen molar-refractivity contribution in [2.24, 2.45) is 5.92 Å². The number of nitrogens with one attached hydrogen (secondary N) is 2. The summed E-state index contributed by atoms with van der Waals surface area (Å²) in [4.78, 5) is 32.1. The van der Waals surface area contributed by atoms with Gasteiger partial charge in [0.15, 0.2) is 5.52 Å². The van der Waals surface area contributed by atoms with E-state index >= 15 is 0 Å². The zero-order valence-electron chi connectivity index (χ0n) is 16.4. The molecule has 7 heteroatoms. The van der Waals surface area contributed by atoms with Gasteiger partial charge >= 0.3 is 5.69 Å². The van der Waals surface area contributed by atoms with E-state index < -0.39 is 0 Å². The number of methoxy groups -OCH3 is 1. The molecule has 1 saturated heterocycles. The van der Waals surface area contributed by atoms with Crippen molar-refractivity contribution in [1.82, 2.24) is 19.9 Å². The molecular weight excluding hydrogens is 368 g/mol. The minimum Gasteiger partial charge on any atom is -0.496 e. The third kappa shape index (κ3) is 2.97. The lowest BCUT2D eigenvalue weighted by Gasteiger charge is -2.32. The van der Waals surface area contributed by atoms with E-state index in [0.29, 0.717) is 35.8 Å². The topological polar surface area (TPSA) is 89.0 Å². The largest absolute Gasteiger partial charge is 0.496 e. The van der Waals surface area contributed by atoms with Crippen LogP contribution in [-0.4, -0.2) is 34.2 Å². The lowest BCUT2D eigenvalue weighted by Crippen LogP contribution is -2.38. The fraction of sp³-hybridized carbons (Fsp3) is 0.409. The average molecular weight is 392 g/mol. The summed E-state index contributed by atoms with van der Waals surface area (Å²) in [5, 5.41) is 3.64. The van der Waals surface area contributed by atoms with Gasteiger partial charge in [0.1, 0.15) is 5.75 Å². The van der Waals surface area contributed by atoms with E-state index in [1.54, 1.807) is 25.4 Å². The molecule has 3 atom stereocenters. The van der Waals surface area contributed by atoms with E-state index in [1.165, 1.54) is 15.7 Å². The van der Waals surface area contributed by atoms with Crippen LogP contribution < -0.4 is 21.3 Å². The van der Waals surface area contributed by atoms with Crippen molar-refractivity contribution < 1.29 is 4.74 Å². The molecular formula is C22H24N4O3. The molecule has 7 nitrogen and oxygen atoms in total. The molecule has 1 aliphatic carbocycles. The van der Waals surface area contributed by atoms with Crippen LogP contribution in [0.1, 0.15) is 29.9 Å². The van der Waals surface area contributed by atoms with E-state index in [9.17, 15) is 9.59 Å². The number of benzene rings is 1. The van der Waals surface area contributed by atoms with Crippen molar-refractivity contribution in [2.45, 2.75) is 37.8 Å². The van der Waals surface area contributed by atoms with E-state index in [0.717, 1.165) is 25.1 Å². The van der Waals surface area contributed by atoms with Crippen molar-refractivity contribution >= 4 is 11.0 Å². The van der Waals surface area contributed by atoms with Gasteiger partial charge in [0.05, 0.1) is 12.6 Å². The zero-order valence-corrected chi connectivity index (χ0v) is 16.4. The molecule has 5 rings (SSSR count). The van der Waals surface area contributed by atoms with Crippen LogP contribution in [0.4, 0.5) is 0 Å². The van der Waals surface area contributed by atoms with Gasteiger partial charge in [-0.3, -0.25) is 9.36 Å². The monoisotopic (exact) mass is 392 g/mol. The lowest BCUT2D eigenvalue weighted by atomic mass is 9.73. The Morgan fingerprint density at radius 3 is 3.00 bits per heavy atom. The number of hydrogen-bond donors (Lipinski definition) is 2. The van der Waals surface area contributed by atoms with Gasteiger partial charge in [0, 0.05) is 24.7 Å². The first-order valence-corrected chi connectivity index (χ1v) is 10.1. The second-order valence-corrected chi connectivity index (χ2v) is 7.94. The smallest absolute Gasteiger partial charge is 0.328 e. The quantitative estimate of drug-likeness (QED) is 0.707. The highest BCUT2D eigenvalue weighted by Gasteiger charge is 2.40.